The molecule has 0 heterocycles. The van der Waals surface area contributed by atoms with E-state index < -0.39 is 14.8 Å². The summed E-state index contributed by atoms with van der Waals surface area (Å²) in [6.45, 7) is 9.95. The molecule has 0 N–H and O–H groups in total. The highest BCUT2D eigenvalue weighted by molar-refractivity contribution is 6.60. The molecule has 192 valence electrons. The molecule has 1 aromatic carbocycles. The third-order valence-corrected chi connectivity index (χ3v) is 7.97. The zero-order chi connectivity index (χ0) is 25.2. The van der Waals surface area contributed by atoms with Gasteiger partial charge in [0.25, 0.3) is 0 Å². The smallest absolute Gasteiger partial charge is 0.500 e. The van der Waals surface area contributed by atoms with Crippen LogP contribution in [0.1, 0.15) is 71.8 Å². The SMILES string of the molecule is CCCCOc1cc(/C=C/C(=O)[O-])ccc1OC(=O)CCCCC[Si](OCC)(OCC)OCC. The second kappa shape index (κ2) is 17.3. The maximum absolute atomic E-state index is 12.4. The van der Waals surface area contributed by atoms with Crippen molar-refractivity contribution in [1.29, 1.82) is 0 Å². The van der Waals surface area contributed by atoms with Gasteiger partial charge < -0.3 is 32.7 Å². The van der Waals surface area contributed by atoms with E-state index in [1.807, 2.05) is 27.7 Å². The molecule has 0 saturated heterocycles. The zero-order valence-corrected chi connectivity index (χ0v) is 21.9. The molecule has 8 nitrogen and oxygen atoms in total. The Bertz CT molecular complexity index is 748. The van der Waals surface area contributed by atoms with Crippen molar-refractivity contribution in [3.8, 4) is 11.5 Å². The molecule has 0 unspecified atom stereocenters. The number of unbranched alkanes of at least 4 members (excludes halogenated alkanes) is 3. The van der Waals surface area contributed by atoms with Gasteiger partial charge in [0.15, 0.2) is 11.5 Å². The van der Waals surface area contributed by atoms with Crippen molar-refractivity contribution < 1.29 is 37.4 Å². The predicted octanol–water partition coefficient (Wildman–Crippen LogP) is 4.14. The van der Waals surface area contributed by atoms with Crippen LogP contribution in [0.2, 0.25) is 6.04 Å². The van der Waals surface area contributed by atoms with E-state index in [1.54, 1.807) is 18.2 Å². The van der Waals surface area contributed by atoms with Gasteiger partial charge in [-0.2, -0.15) is 0 Å². The van der Waals surface area contributed by atoms with Crippen molar-refractivity contribution in [2.24, 2.45) is 0 Å². The summed E-state index contributed by atoms with van der Waals surface area (Å²) in [6.07, 6.45) is 6.76. The molecule has 1 aromatic rings. The van der Waals surface area contributed by atoms with Gasteiger partial charge in [-0.15, -0.1) is 0 Å². The van der Waals surface area contributed by atoms with Gasteiger partial charge in [0.05, 0.1) is 12.6 Å². The molecule has 0 aliphatic heterocycles. The van der Waals surface area contributed by atoms with Crippen LogP contribution >= 0.6 is 0 Å². The summed E-state index contributed by atoms with van der Waals surface area (Å²) in [5.74, 6) is -0.903. The molecule has 0 aliphatic carbocycles. The van der Waals surface area contributed by atoms with Gasteiger partial charge in [0.2, 0.25) is 0 Å². The van der Waals surface area contributed by atoms with Crippen molar-refractivity contribution >= 4 is 26.8 Å². The summed E-state index contributed by atoms with van der Waals surface area (Å²) in [7, 11) is -2.66. The summed E-state index contributed by atoms with van der Waals surface area (Å²) in [4.78, 5) is 23.1. The first-order valence-electron chi connectivity index (χ1n) is 12.2. The summed E-state index contributed by atoms with van der Waals surface area (Å²) in [5, 5.41) is 10.7. The number of carboxylic acids is 1. The van der Waals surface area contributed by atoms with Crippen LogP contribution < -0.4 is 14.6 Å². The Kier molecular flexibility index (Phi) is 15.1. The Morgan fingerprint density at radius 2 is 1.59 bits per heavy atom. The van der Waals surface area contributed by atoms with Crippen LogP contribution in [0.3, 0.4) is 0 Å². The Morgan fingerprint density at radius 3 is 2.18 bits per heavy atom. The molecule has 9 heteroatoms. The number of hydrogen-bond donors (Lipinski definition) is 0. The van der Waals surface area contributed by atoms with Gasteiger partial charge >= 0.3 is 14.8 Å². The lowest BCUT2D eigenvalue weighted by Crippen LogP contribution is -2.45. The number of benzene rings is 1. The number of ether oxygens (including phenoxy) is 2. The fraction of sp³-hybridized carbons (Fsp3) is 0.600. The Morgan fingerprint density at radius 1 is 0.912 bits per heavy atom. The average molecular weight is 496 g/mol. The van der Waals surface area contributed by atoms with Crippen molar-refractivity contribution in [2.75, 3.05) is 26.4 Å². The molecule has 0 bridgehead atoms. The van der Waals surface area contributed by atoms with Gasteiger partial charge in [0, 0.05) is 32.3 Å². The normalized spacial score (nSPS) is 11.6. The van der Waals surface area contributed by atoms with Gasteiger partial charge in [-0.1, -0.05) is 31.9 Å². The van der Waals surface area contributed by atoms with Crippen LogP contribution in [0.15, 0.2) is 24.3 Å². The minimum Gasteiger partial charge on any atom is -0.545 e. The van der Waals surface area contributed by atoms with Crippen molar-refractivity contribution in [3.05, 3.63) is 29.8 Å². The first-order valence-corrected chi connectivity index (χ1v) is 14.1. The summed E-state index contributed by atoms with van der Waals surface area (Å²) in [5.41, 5.74) is 0.612. The molecule has 0 amide bonds. The highest BCUT2D eigenvalue weighted by Gasteiger charge is 2.39. The summed E-state index contributed by atoms with van der Waals surface area (Å²) >= 11 is 0. The number of rotatable bonds is 19. The fourth-order valence-electron chi connectivity index (χ4n) is 3.28. The van der Waals surface area contributed by atoms with Crippen LogP contribution in [0, 0.1) is 0 Å². The molecule has 34 heavy (non-hydrogen) atoms. The number of esters is 1. The van der Waals surface area contributed by atoms with Gasteiger partial charge in [-0.3, -0.25) is 4.79 Å². The number of carbonyl (C=O) groups excluding carboxylic acids is 2. The van der Waals surface area contributed by atoms with Crippen LogP contribution in [-0.4, -0.2) is 47.2 Å². The molecule has 0 atom stereocenters. The minimum absolute atomic E-state index is 0.271. The van der Waals surface area contributed by atoms with E-state index >= 15 is 0 Å². The quantitative estimate of drug-likeness (QED) is 0.0927. The van der Waals surface area contributed by atoms with E-state index in [0.29, 0.717) is 56.0 Å². The highest BCUT2D eigenvalue weighted by Crippen LogP contribution is 2.30. The van der Waals surface area contributed by atoms with Crippen molar-refractivity contribution in [2.45, 2.75) is 72.3 Å². The largest absolute Gasteiger partial charge is 0.545 e. The van der Waals surface area contributed by atoms with Gasteiger partial charge in [-0.25, -0.2) is 0 Å². The van der Waals surface area contributed by atoms with E-state index in [9.17, 15) is 14.7 Å². The Labute approximate surface area is 204 Å². The lowest BCUT2D eigenvalue weighted by atomic mass is 10.2. The summed E-state index contributed by atoms with van der Waals surface area (Å²) < 4.78 is 28.9. The van der Waals surface area contributed by atoms with E-state index in [4.69, 9.17) is 22.8 Å². The monoisotopic (exact) mass is 495 g/mol. The molecular formula is C25H39O8Si-. The van der Waals surface area contributed by atoms with Crippen molar-refractivity contribution in [3.63, 3.8) is 0 Å². The third-order valence-electron chi connectivity index (χ3n) is 4.82. The predicted molar refractivity (Wildman–Crippen MR) is 130 cm³/mol. The number of hydrogen-bond acceptors (Lipinski definition) is 8. The number of carboxylic acid groups (broad SMARTS) is 1. The molecular weight excluding hydrogens is 456 g/mol. The third kappa shape index (κ3) is 11.8. The molecule has 1 rings (SSSR count). The maximum atomic E-state index is 12.4. The van der Waals surface area contributed by atoms with Crippen molar-refractivity contribution in [1.82, 2.24) is 0 Å². The maximum Gasteiger partial charge on any atom is 0.500 e. The van der Waals surface area contributed by atoms with E-state index in [0.717, 1.165) is 31.8 Å². The van der Waals surface area contributed by atoms with E-state index in [-0.39, 0.29) is 12.4 Å². The molecule has 0 saturated carbocycles. The first kappa shape index (κ1) is 29.8. The second-order valence-corrected chi connectivity index (χ2v) is 10.3. The lowest BCUT2D eigenvalue weighted by Gasteiger charge is -2.28. The zero-order valence-electron chi connectivity index (χ0n) is 20.9. The highest BCUT2D eigenvalue weighted by atomic mass is 28.4. The number of carbonyl (C=O) groups is 2. The fourth-order valence-corrected chi connectivity index (χ4v) is 5.96. The molecule has 0 aromatic heterocycles. The van der Waals surface area contributed by atoms with Crippen LogP contribution in [-0.2, 0) is 22.9 Å². The second-order valence-electron chi connectivity index (χ2n) is 7.58. The Hall–Kier alpha value is -2.20. The average Bonchev–Trinajstić information content (AvgIpc) is 2.79. The minimum atomic E-state index is -2.66. The van der Waals surface area contributed by atoms with Gasteiger partial charge in [0.1, 0.15) is 0 Å². The molecule has 0 aliphatic rings. The van der Waals surface area contributed by atoms with Gasteiger partial charge in [-0.05, 0) is 63.8 Å². The Balaban J connectivity index is 2.63. The van der Waals surface area contributed by atoms with Crippen LogP contribution in [0.25, 0.3) is 6.08 Å². The van der Waals surface area contributed by atoms with E-state index in [1.165, 1.54) is 6.08 Å². The lowest BCUT2D eigenvalue weighted by molar-refractivity contribution is -0.297. The topological polar surface area (TPSA) is 103 Å². The van der Waals surface area contributed by atoms with Crippen LogP contribution in [0.4, 0.5) is 0 Å². The van der Waals surface area contributed by atoms with E-state index in [2.05, 4.69) is 0 Å². The van der Waals surface area contributed by atoms with Crippen LogP contribution in [0.5, 0.6) is 11.5 Å². The number of aliphatic carboxylic acids is 1. The summed E-state index contributed by atoms with van der Waals surface area (Å²) in [6, 6.07) is 5.64. The molecule has 0 radical (unpaired) electrons. The standard InChI is InChI=1S/C25H40O8Si/c1-5-9-18-29-23-20-21(15-17-24(26)27)14-16-22(23)33-25(28)13-11-10-12-19-34(30-6-2,31-7-3)32-8-4/h14-17,20H,5-13,18-19H2,1-4H3,(H,26,27)/p-1/b17-15+. The molecule has 0 spiro atoms. The molecule has 0 fully saturated rings. The first-order chi connectivity index (χ1) is 16.4.